The molecule has 0 bridgehead atoms. The Bertz CT molecular complexity index is 251. The molecule has 1 fully saturated rings. The third-order valence-electron chi connectivity index (χ3n) is 2.98. The first-order valence-corrected chi connectivity index (χ1v) is 5.62. The molecule has 1 unspecified atom stereocenters. The lowest BCUT2D eigenvalue weighted by Gasteiger charge is -2.09. The van der Waals surface area contributed by atoms with Gasteiger partial charge >= 0.3 is 0 Å². The van der Waals surface area contributed by atoms with Crippen molar-refractivity contribution in [2.45, 2.75) is 44.6 Å². The molecule has 2 N–H and O–H groups in total. The summed E-state index contributed by atoms with van der Waals surface area (Å²) in [4.78, 5) is 0. The molecule has 14 heavy (non-hydrogen) atoms. The number of hydrogen-bond donors (Lipinski definition) is 1. The Morgan fingerprint density at radius 2 is 2.29 bits per heavy atom. The molecule has 0 saturated heterocycles. The average Bonchev–Trinajstić information content (AvgIpc) is 2.87. The van der Waals surface area contributed by atoms with Crippen molar-refractivity contribution in [3.63, 3.8) is 0 Å². The third-order valence-corrected chi connectivity index (χ3v) is 2.98. The summed E-state index contributed by atoms with van der Waals surface area (Å²) in [5.74, 6) is 2.07. The second kappa shape index (κ2) is 4.65. The lowest BCUT2D eigenvalue weighted by atomic mass is 10.0. The first kappa shape index (κ1) is 9.78. The van der Waals surface area contributed by atoms with Gasteiger partial charge in [0.25, 0.3) is 0 Å². The van der Waals surface area contributed by atoms with Gasteiger partial charge < -0.3 is 10.2 Å². The molecule has 2 nitrogen and oxygen atoms in total. The minimum Gasteiger partial charge on any atom is -0.469 e. The molecular weight excluding hydrogens is 174 g/mol. The quantitative estimate of drug-likeness (QED) is 0.754. The molecule has 1 atom stereocenters. The first-order valence-electron chi connectivity index (χ1n) is 5.62. The summed E-state index contributed by atoms with van der Waals surface area (Å²) in [5, 5.41) is 0. The van der Waals surface area contributed by atoms with E-state index in [0.29, 0.717) is 6.04 Å². The van der Waals surface area contributed by atoms with Gasteiger partial charge in [-0.15, -0.1) is 0 Å². The Morgan fingerprint density at radius 3 is 2.93 bits per heavy atom. The number of aryl methyl sites for hydroxylation is 1. The van der Waals surface area contributed by atoms with Crippen LogP contribution in [0.25, 0.3) is 0 Å². The Kier molecular flexibility index (Phi) is 3.25. The summed E-state index contributed by atoms with van der Waals surface area (Å²) in [7, 11) is 0. The summed E-state index contributed by atoms with van der Waals surface area (Å²) >= 11 is 0. The molecule has 0 spiro atoms. The summed E-state index contributed by atoms with van der Waals surface area (Å²) in [6.07, 6.45) is 9.16. The molecule has 1 heterocycles. The average molecular weight is 193 g/mol. The van der Waals surface area contributed by atoms with Crippen LogP contribution in [0.5, 0.6) is 0 Å². The first-order chi connectivity index (χ1) is 6.84. The highest BCUT2D eigenvalue weighted by atomic mass is 16.3. The summed E-state index contributed by atoms with van der Waals surface area (Å²) in [6.45, 7) is 0. The van der Waals surface area contributed by atoms with Gasteiger partial charge in [-0.05, 0) is 37.3 Å². The van der Waals surface area contributed by atoms with E-state index >= 15 is 0 Å². The molecule has 0 aliphatic heterocycles. The summed E-state index contributed by atoms with van der Waals surface area (Å²) in [6, 6.07) is 4.32. The van der Waals surface area contributed by atoms with E-state index in [1.807, 2.05) is 12.1 Å². The van der Waals surface area contributed by atoms with Gasteiger partial charge in [0.2, 0.25) is 0 Å². The monoisotopic (exact) mass is 193 g/mol. The number of furan rings is 1. The molecule has 2 heteroatoms. The van der Waals surface area contributed by atoms with Crippen LogP contribution in [-0.2, 0) is 6.42 Å². The van der Waals surface area contributed by atoms with Crippen LogP contribution in [0.1, 0.15) is 37.9 Å². The van der Waals surface area contributed by atoms with Crippen LogP contribution >= 0.6 is 0 Å². The molecule has 2 rings (SSSR count). The normalized spacial score (nSPS) is 18.4. The van der Waals surface area contributed by atoms with Crippen LogP contribution in [0.4, 0.5) is 0 Å². The number of nitrogens with two attached hydrogens (primary N) is 1. The highest BCUT2D eigenvalue weighted by Gasteiger charge is 2.21. The van der Waals surface area contributed by atoms with Crippen molar-refractivity contribution >= 4 is 0 Å². The lowest BCUT2D eigenvalue weighted by molar-refractivity contribution is 0.466. The zero-order chi connectivity index (χ0) is 9.80. The van der Waals surface area contributed by atoms with Gasteiger partial charge in [-0.2, -0.15) is 0 Å². The van der Waals surface area contributed by atoms with Crippen LogP contribution in [0.15, 0.2) is 22.8 Å². The van der Waals surface area contributed by atoms with E-state index in [1.165, 1.54) is 25.7 Å². The zero-order valence-electron chi connectivity index (χ0n) is 8.61. The van der Waals surface area contributed by atoms with Gasteiger partial charge in [-0.25, -0.2) is 0 Å². The van der Waals surface area contributed by atoms with Crippen LogP contribution in [0.2, 0.25) is 0 Å². The van der Waals surface area contributed by atoms with Crippen molar-refractivity contribution in [2.75, 3.05) is 0 Å². The molecular formula is C12H19NO. The van der Waals surface area contributed by atoms with Gasteiger partial charge in [0.15, 0.2) is 0 Å². The summed E-state index contributed by atoms with van der Waals surface area (Å²) in [5.41, 5.74) is 6.02. The maximum Gasteiger partial charge on any atom is 0.103 e. The van der Waals surface area contributed by atoms with E-state index in [-0.39, 0.29) is 0 Å². The van der Waals surface area contributed by atoms with Crippen molar-refractivity contribution in [1.29, 1.82) is 0 Å². The summed E-state index contributed by atoms with van der Waals surface area (Å²) < 4.78 is 5.27. The predicted octanol–water partition coefficient (Wildman–Crippen LogP) is 2.73. The molecule has 1 aromatic rings. The maximum absolute atomic E-state index is 6.02. The predicted molar refractivity (Wildman–Crippen MR) is 57.0 cm³/mol. The molecule has 0 aromatic carbocycles. The third kappa shape index (κ3) is 3.18. The van der Waals surface area contributed by atoms with E-state index in [2.05, 4.69) is 0 Å². The number of rotatable bonds is 6. The van der Waals surface area contributed by atoms with Gasteiger partial charge in [0.1, 0.15) is 5.76 Å². The second-order valence-electron chi connectivity index (χ2n) is 4.40. The molecule has 1 saturated carbocycles. The fourth-order valence-corrected chi connectivity index (χ4v) is 1.78. The topological polar surface area (TPSA) is 39.2 Å². The molecule has 1 aromatic heterocycles. The van der Waals surface area contributed by atoms with E-state index in [4.69, 9.17) is 10.2 Å². The minimum atomic E-state index is 0.362. The Labute approximate surface area is 85.5 Å². The van der Waals surface area contributed by atoms with Crippen LogP contribution in [0, 0.1) is 5.92 Å². The van der Waals surface area contributed by atoms with Gasteiger partial charge in [0.05, 0.1) is 6.26 Å². The maximum atomic E-state index is 6.02. The van der Waals surface area contributed by atoms with Gasteiger partial charge in [-0.1, -0.05) is 12.8 Å². The van der Waals surface area contributed by atoms with Crippen molar-refractivity contribution < 1.29 is 4.42 Å². The van der Waals surface area contributed by atoms with Crippen LogP contribution in [0.3, 0.4) is 0 Å². The molecule has 1 aliphatic rings. The van der Waals surface area contributed by atoms with E-state index < -0.39 is 0 Å². The Hall–Kier alpha value is -0.760. The van der Waals surface area contributed by atoms with Crippen molar-refractivity contribution in [1.82, 2.24) is 0 Å². The minimum absolute atomic E-state index is 0.362. The van der Waals surface area contributed by atoms with Crippen LogP contribution in [-0.4, -0.2) is 6.04 Å². The van der Waals surface area contributed by atoms with Gasteiger partial charge in [-0.3, -0.25) is 0 Å². The van der Waals surface area contributed by atoms with Crippen molar-refractivity contribution in [2.24, 2.45) is 11.7 Å². The Morgan fingerprint density at radius 1 is 1.43 bits per heavy atom. The Balaban J connectivity index is 1.59. The fourth-order valence-electron chi connectivity index (χ4n) is 1.78. The highest BCUT2D eigenvalue weighted by molar-refractivity contribution is 4.98. The van der Waals surface area contributed by atoms with Crippen molar-refractivity contribution in [3.05, 3.63) is 24.2 Å². The smallest absolute Gasteiger partial charge is 0.103 e. The molecule has 0 amide bonds. The van der Waals surface area contributed by atoms with Gasteiger partial charge in [0, 0.05) is 12.5 Å². The van der Waals surface area contributed by atoms with E-state index in [9.17, 15) is 0 Å². The molecule has 0 radical (unpaired) electrons. The van der Waals surface area contributed by atoms with E-state index in [0.717, 1.165) is 24.5 Å². The molecule has 1 aliphatic carbocycles. The standard InChI is InChI=1S/C12H19NO/c13-11(6-5-10-3-4-10)7-8-12-2-1-9-14-12/h1-2,9-11H,3-8,13H2. The second-order valence-corrected chi connectivity index (χ2v) is 4.40. The largest absolute Gasteiger partial charge is 0.469 e. The zero-order valence-corrected chi connectivity index (χ0v) is 8.61. The SMILES string of the molecule is NC(CCc1ccco1)CCC1CC1. The van der Waals surface area contributed by atoms with Crippen molar-refractivity contribution in [3.8, 4) is 0 Å². The molecule has 78 valence electrons. The number of hydrogen-bond acceptors (Lipinski definition) is 2. The highest BCUT2D eigenvalue weighted by Crippen LogP contribution is 2.33. The van der Waals surface area contributed by atoms with Crippen LogP contribution < -0.4 is 5.73 Å². The lowest BCUT2D eigenvalue weighted by Crippen LogP contribution is -2.20. The fraction of sp³-hybridized carbons (Fsp3) is 0.667. The van der Waals surface area contributed by atoms with E-state index in [1.54, 1.807) is 6.26 Å².